The normalized spacial score (nSPS) is 17.0. The number of guanidine groups is 1. The Morgan fingerprint density at radius 3 is 2.25 bits per heavy atom. The third-order valence-electron chi connectivity index (χ3n) is 4.20. The number of sulfonamides is 1. The maximum absolute atomic E-state index is 12.6. The van der Waals surface area contributed by atoms with Crippen LogP contribution in [0.1, 0.15) is 32.6 Å². The third-order valence-corrected chi connectivity index (χ3v) is 5.83. The Morgan fingerprint density at radius 2 is 1.75 bits per heavy atom. The number of halogens is 4. The second-order valence-electron chi connectivity index (χ2n) is 6.27. The van der Waals surface area contributed by atoms with Crippen LogP contribution in [-0.2, 0) is 14.8 Å². The number of amides is 1. The van der Waals surface area contributed by atoms with Gasteiger partial charge in [-0.15, -0.1) is 24.0 Å². The first-order chi connectivity index (χ1) is 12.6. The Labute approximate surface area is 181 Å². The molecule has 0 aromatic rings. The average Bonchev–Trinajstić information content (AvgIpc) is 2.62. The number of nitrogens with one attached hydrogen (secondary N) is 3. The van der Waals surface area contributed by atoms with Gasteiger partial charge < -0.3 is 16.0 Å². The molecular weight excluding hydrogens is 514 g/mol. The predicted molar refractivity (Wildman–Crippen MR) is 112 cm³/mol. The zero-order valence-corrected chi connectivity index (χ0v) is 19.2. The lowest BCUT2D eigenvalue weighted by atomic mass is 9.98. The van der Waals surface area contributed by atoms with Gasteiger partial charge in [-0.05, 0) is 25.2 Å². The van der Waals surface area contributed by atoms with Crippen molar-refractivity contribution in [3.05, 3.63) is 0 Å². The van der Waals surface area contributed by atoms with Gasteiger partial charge >= 0.3 is 15.5 Å². The molecule has 0 radical (unpaired) electrons. The van der Waals surface area contributed by atoms with Crippen LogP contribution in [0.4, 0.5) is 13.2 Å². The number of hydrogen-bond acceptors (Lipinski definition) is 4. The summed E-state index contributed by atoms with van der Waals surface area (Å²) in [6.45, 7) is 3.15. The van der Waals surface area contributed by atoms with E-state index in [0.29, 0.717) is 49.2 Å². The Bertz CT molecular complexity index is 609. The van der Waals surface area contributed by atoms with E-state index in [1.165, 1.54) is 0 Å². The molecule has 0 aromatic heterocycles. The smallest absolute Gasteiger partial charge is 0.356 e. The summed E-state index contributed by atoms with van der Waals surface area (Å²) in [6, 6.07) is 0. The van der Waals surface area contributed by atoms with Crippen molar-refractivity contribution in [2.75, 3.05) is 39.8 Å². The summed E-state index contributed by atoms with van der Waals surface area (Å²) in [6.07, 6.45) is 1.83. The van der Waals surface area contributed by atoms with Gasteiger partial charge in [-0.25, -0.2) is 8.42 Å². The van der Waals surface area contributed by atoms with Crippen molar-refractivity contribution < 1.29 is 26.4 Å². The topological polar surface area (TPSA) is 103 Å². The van der Waals surface area contributed by atoms with Gasteiger partial charge in [0.2, 0.25) is 5.91 Å². The maximum atomic E-state index is 12.6. The zero-order valence-electron chi connectivity index (χ0n) is 16.0. The van der Waals surface area contributed by atoms with Crippen molar-refractivity contribution in [2.24, 2.45) is 10.9 Å². The summed E-state index contributed by atoms with van der Waals surface area (Å²) < 4.78 is 61.0. The molecule has 0 saturated carbocycles. The summed E-state index contributed by atoms with van der Waals surface area (Å²) in [7, 11) is -3.67. The van der Waals surface area contributed by atoms with Crippen LogP contribution >= 0.6 is 24.0 Å². The summed E-state index contributed by atoms with van der Waals surface area (Å²) in [4.78, 5) is 15.5. The lowest BCUT2D eigenvalue weighted by Gasteiger charge is -2.31. The first kappa shape index (κ1) is 27.2. The van der Waals surface area contributed by atoms with E-state index >= 15 is 0 Å². The number of nitrogens with zero attached hydrogens (tertiary/aromatic N) is 2. The van der Waals surface area contributed by atoms with E-state index in [1.54, 1.807) is 7.05 Å². The quantitative estimate of drug-likeness (QED) is 0.243. The van der Waals surface area contributed by atoms with Crippen LogP contribution in [0, 0.1) is 5.92 Å². The minimum atomic E-state index is -5.26. The Balaban J connectivity index is 0.00000729. The summed E-state index contributed by atoms with van der Waals surface area (Å²) in [5.41, 5.74) is -5.26. The largest absolute Gasteiger partial charge is 0.511 e. The number of carbonyl (C=O) groups is 1. The van der Waals surface area contributed by atoms with Crippen molar-refractivity contribution in [3.8, 4) is 0 Å². The van der Waals surface area contributed by atoms with E-state index in [1.807, 2.05) is 6.92 Å². The van der Waals surface area contributed by atoms with Crippen molar-refractivity contribution in [3.63, 3.8) is 0 Å². The number of carbonyl (C=O) groups excluding carboxylic acids is 1. The molecule has 1 heterocycles. The van der Waals surface area contributed by atoms with Crippen LogP contribution in [0.15, 0.2) is 4.99 Å². The van der Waals surface area contributed by atoms with Crippen LogP contribution in [0.5, 0.6) is 0 Å². The van der Waals surface area contributed by atoms with Crippen molar-refractivity contribution in [1.82, 2.24) is 20.3 Å². The summed E-state index contributed by atoms with van der Waals surface area (Å²) >= 11 is 0. The first-order valence-electron chi connectivity index (χ1n) is 8.89. The lowest BCUT2D eigenvalue weighted by Crippen LogP contribution is -2.47. The van der Waals surface area contributed by atoms with E-state index in [9.17, 15) is 26.4 Å². The van der Waals surface area contributed by atoms with Crippen LogP contribution in [0.25, 0.3) is 0 Å². The van der Waals surface area contributed by atoms with E-state index in [0.717, 1.165) is 6.42 Å². The standard InChI is InChI=1S/C15H28F3N5O3S.HI/c1-3-7-20-13(24)4-8-21-14(19-2)22-11-12-5-9-23(10-6-12)27(25,26)15(16,17)18;/h12H,3-11H2,1-2H3,(H,20,24)(H2,19,21,22);1H. The number of alkyl halides is 3. The summed E-state index contributed by atoms with van der Waals surface area (Å²) in [5.74, 6) is 0.470. The predicted octanol–water partition coefficient (Wildman–Crippen LogP) is 1.25. The molecular formula is C15H29F3IN5O3S. The van der Waals surface area contributed by atoms with Crippen molar-refractivity contribution >= 4 is 45.9 Å². The zero-order chi connectivity index (χ0) is 20.5. The highest BCUT2D eigenvalue weighted by Gasteiger charge is 2.50. The molecule has 166 valence electrons. The van der Waals surface area contributed by atoms with Crippen LogP contribution < -0.4 is 16.0 Å². The van der Waals surface area contributed by atoms with Gasteiger partial charge in [-0.3, -0.25) is 9.79 Å². The van der Waals surface area contributed by atoms with Crippen molar-refractivity contribution in [1.29, 1.82) is 0 Å². The average molecular weight is 543 g/mol. The molecule has 1 aliphatic rings. The summed E-state index contributed by atoms with van der Waals surface area (Å²) in [5, 5.41) is 8.81. The SMILES string of the molecule is CCCNC(=O)CCNC(=NC)NCC1CCN(S(=O)(=O)C(F)(F)F)CC1.I. The highest BCUT2D eigenvalue weighted by molar-refractivity contribution is 14.0. The van der Waals surface area contributed by atoms with Gasteiger partial charge in [0, 0.05) is 46.2 Å². The fourth-order valence-corrected chi connectivity index (χ4v) is 3.59. The highest BCUT2D eigenvalue weighted by atomic mass is 127. The van der Waals surface area contributed by atoms with Gasteiger partial charge in [-0.2, -0.15) is 17.5 Å². The van der Waals surface area contributed by atoms with Gasteiger partial charge in [-0.1, -0.05) is 6.92 Å². The molecule has 1 fully saturated rings. The number of piperidine rings is 1. The Kier molecular flexibility index (Phi) is 12.3. The molecule has 28 heavy (non-hydrogen) atoms. The van der Waals surface area contributed by atoms with Crippen LogP contribution in [0.2, 0.25) is 0 Å². The van der Waals surface area contributed by atoms with Crippen molar-refractivity contribution in [2.45, 2.75) is 38.1 Å². The Hall–Kier alpha value is -0.830. The molecule has 13 heteroatoms. The number of aliphatic imine (C=N–C) groups is 1. The third kappa shape index (κ3) is 8.68. The molecule has 1 aliphatic heterocycles. The molecule has 0 unspecified atom stereocenters. The van der Waals surface area contributed by atoms with Gasteiger partial charge in [0.25, 0.3) is 0 Å². The van der Waals surface area contributed by atoms with E-state index in [-0.39, 0.29) is 48.9 Å². The molecule has 0 atom stereocenters. The monoisotopic (exact) mass is 543 g/mol. The second-order valence-corrected chi connectivity index (χ2v) is 8.20. The van der Waals surface area contributed by atoms with E-state index < -0.39 is 15.5 Å². The van der Waals surface area contributed by atoms with Gasteiger partial charge in [0.1, 0.15) is 0 Å². The molecule has 8 nitrogen and oxygen atoms in total. The molecule has 0 aliphatic carbocycles. The molecule has 1 rings (SSSR count). The minimum absolute atomic E-state index is 0. The maximum Gasteiger partial charge on any atom is 0.511 e. The molecule has 3 N–H and O–H groups in total. The number of hydrogen-bond donors (Lipinski definition) is 3. The molecule has 1 saturated heterocycles. The minimum Gasteiger partial charge on any atom is -0.356 e. The fraction of sp³-hybridized carbons (Fsp3) is 0.867. The molecule has 0 aromatic carbocycles. The molecule has 0 bridgehead atoms. The van der Waals surface area contributed by atoms with E-state index in [4.69, 9.17) is 0 Å². The van der Waals surface area contributed by atoms with Gasteiger partial charge in [0.05, 0.1) is 0 Å². The van der Waals surface area contributed by atoms with Crippen LogP contribution in [-0.4, -0.2) is 69.9 Å². The fourth-order valence-electron chi connectivity index (χ4n) is 2.61. The highest BCUT2D eigenvalue weighted by Crippen LogP contribution is 2.30. The lowest BCUT2D eigenvalue weighted by molar-refractivity contribution is -0.120. The second kappa shape index (κ2) is 12.7. The van der Waals surface area contributed by atoms with E-state index in [2.05, 4.69) is 20.9 Å². The van der Waals surface area contributed by atoms with Gasteiger partial charge in [0.15, 0.2) is 5.96 Å². The first-order valence-corrected chi connectivity index (χ1v) is 10.3. The number of rotatable bonds is 8. The molecule has 0 spiro atoms. The molecule has 1 amide bonds. The van der Waals surface area contributed by atoms with Crippen LogP contribution in [0.3, 0.4) is 0 Å². The Morgan fingerprint density at radius 1 is 1.14 bits per heavy atom.